The van der Waals surface area contributed by atoms with Crippen molar-refractivity contribution in [1.29, 1.82) is 0 Å². The summed E-state index contributed by atoms with van der Waals surface area (Å²) in [6.45, 7) is 3.27. The number of para-hydroxylation sites is 1. The minimum atomic E-state index is -0.703. The van der Waals surface area contributed by atoms with Crippen molar-refractivity contribution in [2.24, 2.45) is 0 Å². The molecule has 1 aromatic rings. The molecule has 0 aromatic heterocycles. The van der Waals surface area contributed by atoms with Gasteiger partial charge in [0.2, 0.25) is 0 Å². The van der Waals surface area contributed by atoms with Crippen LogP contribution >= 0.6 is 0 Å². The predicted octanol–water partition coefficient (Wildman–Crippen LogP) is 0.361. The quantitative estimate of drug-likeness (QED) is 0.785. The van der Waals surface area contributed by atoms with E-state index in [-0.39, 0.29) is 12.4 Å². The molecule has 1 unspecified atom stereocenters. The van der Waals surface area contributed by atoms with Crippen LogP contribution in [0.15, 0.2) is 24.3 Å². The topological polar surface area (TPSA) is 72.9 Å². The number of rotatable bonds is 4. The molecule has 126 valence electrons. The molecule has 0 radical (unpaired) electrons. The number of nitrogens with one attached hydrogen (secondary N) is 1. The van der Waals surface area contributed by atoms with Crippen molar-refractivity contribution in [1.82, 2.24) is 10.2 Å². The van der Waals surface area contributed by atoms with Crippen molar-refractivity contribution < 1.29 is 19.1 Å². The number of hydrogen-bond acceptors (Lipinski definition) is 4. The molecule has 0 bridgehead atoms. The largest absolute Gasteiger partial charge is 0.394 e. The molecule has 1 aromatic carbocycles. The number of halogens is 1. The lowest BCUT2D eigenvalue weighted by atomic mass is 10.2. The maximum absolute atomic E-state index is 13.8. The second kappa shape index (κ2) is 7.92. The minimum Gasteiger partial charge on any atom is -0.394 e. The van der Waals surface area contributed by atoms with E-state index >= 15 is 0 Å². The number of hydrogen-bond donors (Lipinski definition) is 2. The van der Waals surface area contributed by atoms with Crippen LogP contribution in [-0.4, -0.2) is 60.6 Å². The summed E-state index contributed by atoms with van der Waals surface area (Å²) in [6, 6.07) is 6.09. The van der Waals surface area contributed by atoms with Crippen molar-refractivity contribution in [3.63, 3.8) is 0 Å². The Morgan fingerprint density at radius 2 is 1.91 bits per heavy atom. The Morgan fingerprint density at radius 3 is 2.48 bits per heavy atom. The zero-order valence-corrected chi connectivity index (χ0v) is 13.2. The Balaban J connectivity index is 1.90. The normalized spacial score (nSPS) is 16.1. The van der Waals surface area contributed by atoms with Gasteiger partial charge < -0.3 is 20.2 Å². The first kappa shape index (κ1) is 17.2. The van der Waals surface area contributed by atoms with E-state index in [4.69, 9.17) is 5.11 Å². The summed E-state index contributed by atoms with van der Waals surface area (Å²) in [5.74, 6) is -1.60. The summed E-state index contributed by atoms with van der Waals surface area (Å²) in [5.41, 5.74) is 0.510. The van der Waals surface area contributed by atoms with Gasteiger partial charge in [0.05, 0.1) is 18.3 Å². The molecule has 2 N–H and O–H groups in total. The van der Waals surface area contributed by atoms with Crippen LogP contribution in [-0.2, 0) is 9.59 Å². The van der Waals surface area contributed by atoms with Crippen molar-refractivity contribution in [3.8, 4) is 0 Å². The first-order valence-corrected chi connectivity index (χ1v) is 7.77. The molecule has 2 rings (SSSR count). The summed E-state index contributed by atoms with van der Waals surface area (Å²) in [7, 11) is 0. The third-order valence-corrected chi connectivity index (χ3v) is 4.00. The van der Waals surface area contributed by atoms with E-state index in [1.54, 1.807) is 18.2 Å². The number of anilines is 1. The Morgan fingerprint density at radius 1 is 1.26 bits per heavy atom. The predicted molar refractivity (Wildman–Crippen MR) is 84.5 cm³/mol. The lowest BCUT2D eigenvalue weighted by Gasteiger charge is -2.36. The Bertz CT molecular complexity index is 555. The molecule has 23 heavy (non-hydrogen) atoms. The van der Waals surface area contributed by atoms with Crippen LogP contribution in [0.3, 0.4) is 0 Å². The molecule has 2 amide bonds. The average molecular weight is 323 g/mol. The van der Waals surface area contributed by atoms with E-state index in [2.05, 4.69) is 5.32 Å². The van der Waals surface area contributed by atoms with Gasteiger partial charge in [-0.15, -0.1) is 0 Å². The van der Waals surface area contributed by atoms with Crippen molar-refractivity contribution in [3.05, 3.63) is 30.1 Å². The van der Waals surface area contributed by atoms with E-state index < -0.39 is 17.9 Å². The Hall–Kier alpha value is -2.15. The van der Waals surface area contributed by atoms with E-state index in [0.29, 0.717) is 38.3 Å². The zero-order valence-electron chi connectivity index (χ0n) is 13.2. The van der Waals surface area contributed by atoms with Gasteiger partial charge in [-0.3, -0.25) is 9.59 Å². The number of nitrogens with zero attached hydrogens (tertiary/aromatic N) is 2. The lowest BCUT2D eigenvalue weighted by Crippen LogP contribution is -2.54. The highest BCUT2D eigenvalue weighted by atomic mass is 19.1. The standard InChI is InChI=1S/C16H22FN3O3/c1-2-12(11-21)18-15(22)16(23)20-9-7-19(8-10-20)14-6-4-3-5-13(14)17/h3-6,12,21H,2,7-11H2,1H3,(H,18,22). The van der Waals surface area contributed by atoms with E-state index in [9.17, 15) is 14.0 Å². The van der Waals surface area contributed by atoms with E-state index in [1.807, 2.05) is 11.8 Å². The third kappa shape index (κ3) is 4.19. The highest BCUT2D eigenvalue weighted by Gasteiger charge is 2.27. The molecule has 0 aliphatic carbocycles. The summed E-state index contributed by atoms with van der Waals surface area (Å²) in [6.07, 6.45) is 0.552. The molecule has 6 nitrogen and oxygen atoms in total. The van der Waals surface area contributed by atoms with E-state index in [0.717, 1.165) is 0 Å². The number of benzene rings is 1. The number of aliphatic hydroxyl groups excluding tert-OH is 1. The molecule has 1 aliphatic rings. The molecule has 1 fully saturated rings. The monoisotopic (exact) mass is 323 g/mol. The second-order valence-corrected chi connectivity index (χ2v) is 5.49. The van der Waals surface area contributed by atoms with Crippen molar-refractivity contribution in [2.45, 2.75) is 19.4 Å². The minimum absolute atomic E-state index is 0.198. The molecular weight excluding hydrogens is 301 g/mol. The number of piperazine rings is 1. The maximum atomic E-state index is 13.8. The average Bonchev–Trinajstić information content (AvgIpc) is 2.59. The van der Waals surface area contributed by atoms with Gasteiger partial charge in [-0.05, 0) is 18.6 Å². The van der Waals surface area contributed by atoms with E-state index in [1.165, 1.54) is 11.0 Å². The molecule has 1 aliphatic heterocycles. The van der Waals surface area contributed by atoms with Crippen LogP contribution in [0.5, 0.6) is 0 Å². The van der Waals surface area contributed by atoms with Gasteiger partial charge in [0.25, 0.3) is 0 Å². The molecule has 0 saturated carbocycles. The molecular formula is C16H22FN3O3. The first-order chi connectivity index (χ1) is 11.1. The zero-order chi connectivity index (χ0) is 16.8. The van der Waals surface area contributed by atoms with Gasteiger partial charge in [0.15, 0.2) is 0 Å². The van der Waals surface area contributed by atoms with Crippen LogP contribution in [0.2, 0.25) is 0 Å². The number of carbonyl (C=O) groups excluding carboxylic acids is 2. The molecule has 0 spiro atoms. The third-order valence-electron chi connectivity index (χ3n) is 4.00. The van der Waals surface area contributed by atoms with Crippen LogP contribution in [0.25, 0.3) is 0 Å². The number of carbonyl (C=O) groups is 2. The fourth-order valence-electron chi connectivity index (χ4n) is 2.53. The summed E-state index contributed by atoms with van der Waals surface area (Å²) in [5, 5.41) is 11.6. The number of amides is 2. The maximum Gasteiger partial charge on any atom is 0.312 e. The van der Waals surface area contributed by atoms with Crippen LogP contribution in [0.1, 0.15) is 13.3 Å². The Kier molecular flexibility index (Phi) is 5.92. The smallest absolute Gasteiger partial charge is 0.312 e. The first-order valence-electron chi connectivity index (χ1n) is 7.77. The SMILES string of the molecule is CCC(CO)NC(=O)C(=O)N1CCN(c2ccccc2F)CC1. The second-order valence-electron chi connectivity index (χ2n) is 5.49. The fourth-order valence-corrected chi connectivity index (χ4v) is 2.53. The summed E-state index contributed by atoms with van der Waals surface area (Å²) >= 11 is 0. The highest BCUT2D eigenvalue weighted by molar-refractivity contribution is 6.35. The van der Waals surface area contributed by atoms with Gasteiger partial charge in [-0.25, -0.2) is 4.39 Å². The van der Waals surface area contributed by atoms with Crippen LogP contribution in [0.4, 0.5) is 10.1 Å². The molecule has 1 saturated heterocycles. The van der Waals surface area contributed by atoms with Gasteiger partial charge in [-0.2, -0.15) is 0 Å². The van der Waals surface area contributed by atoms with Gasteiger partial charge in [0, 0.05) is 26.2 Å². The van der Waals surface area contributed by atoms with Gasteiger partial charge in [0.1, 0.15) is 5.82 Å². The Labute approximate surface area is 134 Å². The summed E-state index contributed by atoms with van der Waals surface area (Å²) in [4.78, 5) is 27.3. The van der Waals surface area contributed by atoms with Crippen LogP contribution < -0.4 is 10.2 Å². The summed E-state index contributed by atoms with van der Waals surface area (Å²) < 4.78 is 13.8. The molecule has 1 heterocycles. The van der Waals surface area contributed by atoms with Crippen molar-refractivity contribution in [2.75, 3.05) is 37.7 Å². The van der Waals surface area contributed by atoms with Gasteiger partial charge >= 0.3 is 11.8 Å². The fraction of sp³-hybridized carbons (Fsp3) is 0.500. The molecule has 1 atom stereocenters. The van der Waals surface area contributed by atoms with Crippen LogP contribution in [0, 0.1) is 5.82 Å². The highest BCUT2D eigenvalue weighted by Crippen LogP contribution is 2.20. The van der Waals surface area contributed by atoms with Gasteiger partial charge in [-0.1, -0.05) is 19.1 Å². The lowest BCUT2D eigenvalue weighted by molar-refractivity contribution is -0.146. The number of aliphatic hydroxyl groups is 1. The van der Waals surface area contributed by atoms with Crippen molar-refractivity contribution >= 4 is 17.5 Å². The molecule has 7 heteroatoms.